The topological polar surface area (TPSA) is 52.7 Å². The molecule has 5 nitrogen and oxygen atoms in total. The molecule has 2 aliphatic heterocycles. The fourth-order valence-electron chi connectivity index (χ4n) is 3.75. The molecule has 1 aromatic rings. The van der Waals surface area contributed by atoms with E-state index in [0.29, 0.717) is 20.8 Å². The summed E-state index contributed by atoms with van der Waals surface area (Å²) < 4.78 is 0. The zero-order chi connectivity index (χ0) is 19.6. The molecule has 0 bridgehead atoms. The first kappa shape index (κ1) is 20.7. The van der Waals surface area contributed by atoms with Crippen LogP contribution in [0, 0.1) is 5.92 Å². The Morgan fingerprint density at radius 3 is 2.22 bits per heavy atom. The minimum atomic E-state index is -0.321. The maximum absolute atomic E-state index is 12.6. The first-order chi connectivity index (χ1) is 12.9. The van der Waals surface area contributed by atoms with Gasteiger partial charge >= 0.3 is 0 Å². The van der Waals surface area contributed by atoms with E-state index in [-0.39, 0.29) is 23.8 Å². The summed E-state index contributed by atoms with van der Waals surface area (Å²) in [5.74, 6) is 0.213. The van der Waals surface area contributed by atoms with Crippen molar-refractivity contribution in [1.82, 2.24) is 9.80 Å². The molecule has 1 N–H and O–H groups in total. The third-order valence-electron chi connectivity index (χ3n) is 5.49. The molecule has 148 valence electrons. The van der Waals surface area contributed by atoms with Crippen molar-refractivity contribution in [3.05, 3.63) is 27.2 Å². The van der Waals surface area contributed by atoms with Crippen molar-refractivity contribution >= 4 is 52.3 Å². The van der Waals surface area contributed by atoms with Gasteiger partial charge in [-0.25, -0.2) is 0 Å². The molecular weight excluding hydrogens is 409 g/mol. The third kappa shape index (κ3) is 4.89. The number of nitrogens with zero attached hydrogens (tertiary/aromatic N) is 2. The fourth-order valence-corrected chi connectivity index (χ4v) is 4.34. The minimum Gasteiger partial charge on any atom is -0.342 e. The predicted molar refractivity (Wildman–Crippen MR) is 110 cm³/mol. The van der Waals surface area contributed by atoms with E-state index in [1.807, 2.05) is 11.8 Å². The lowest BCUT2D eigenvalue weighted by molar-refractivity contribution is -0.136. The van der Waals surface area contributed by atoms with Gasteiger partial charge in [-0.3, -0.25) is 14.5 Å². The Morgan fingerprint density at radius 2 is 1.59 bits per heavy atom. The number of nitrogens with one attached hydrogen (secondary N) is 1. The number of piperidine rings is 1. The van der Waals surface area contributed by atoms with Crippen LogP contribution in [0.15, 0.2) is 12.1 Å². The molecule has 2 amide bonds. The smallest absolute Gasteiger partial charge is 0.241 e. The summed E-state index contributed by atoms with van der Waals surface area (Å²) in [7, 11) is 0. The molecule has 0 aromatic heterocycles. The van der Waals surface area contributed by atoms with Gasteiger partial charge in [-0.15, -0.1) is 0 Å². The Kier molecular flexibility index (Phi) is 6.90. The average molecular weight is 433 g/mol. The molecule has 27 heavy (non-hydrogen) atoms. The molecular formula is C19H24Cl3N3O2. The highest BCUT2D eigenvalue weighted by molar-refractivity contribution is 6.44. The zero-order valence-corrected chi connectivity index (χ0v) is 17.6. The van der Waals surface area contributed by atoms with Gasteiger partial charge in [0.25, 0.3) is 0 Å². The van der Waals surface area contributed by atoms with Gasteiger partial charge in [0.1, 0.15) is 0 Å². The van der Waals surface area contributed by atoms with Gasteiger partial charge in [-0.1, -0.05) is 34.8 Å². The van der Waals surface area contributed by atoms with Crippen LogP contribution in [0.3, 0.4) is 0 Å². The van der Waals surface area contributed by atoms with Crippen LogP contribution in [0.4, 0.5) is 5.69 Å². The summed E-state index contributed by atoms with van der Waals surface area (Å²) in [6.45, 7) is 5.11. The number of hydrogen-bond donors (Lipinski definition) is 1. The molecule has 2 saturated heterocycles. The van der Waals surface area contributed by atoms with Gasteiger partial charge in [0.05, 0.1) is 26.8 Å². The minimum absolute atomic E-state index is 0.0825. The van der Waals surface area contributed by atoms with Crippen LogP contribution in [0.25, 0.3) is 0 Å². The first-order valence-electron chi connectivity index (χ1n) is 9.35. The van der Waals surface area contributed by atoms with Crippen molar-refractivity contribution in [3.63, 3.8) is 0 Å². The van der Waals surface area contributed by atoms with Crippen molar-refractivity contribution < 1.29 is 9.59 Å². The van der Waals surface area contributed by atoms with Crippen LogP contribution < -0.4 is 5.32 Å². The molecule has 0 aliphatic carbocycles. The van der Waals surface area contributed by atoms with Gasteiger partial charge in [0.15, 0.2) is 0 Å². The molecule has 1 unspecified atom stereocenters. The van der Waals surface area contributed by atoms with E-state index in [0.717, 1.165) is 51.9 Å². The quantitative estimate of drug-likeness (QED) is 0.721. The standard InChI is InChI=1S/C19H24Cl3N3O2/c1-12(18(26)23-17-11-15(21)14(20)10-16(17)22)24-8-4-13(5-9-24)19(27)25-6-2-3-7-25/h10-13H,2-9H2,1H3,(H,23,26). The zero-order valence-electron chi connectivity index (χ0n) is 15.3. The highest BCUT2D eigenvalue weighted by Crippen LogP contribution is 2.32. The molecule has 1 aromatic carbocycles. The normalized spacial score (nSPS) is 19.9. The van der Waals surface area contributed by atoms with Crippen molar-refractivity contribution in [1.29, 1.82) is 0 Å². The predicted octanol–water partition coefficient (Wildman–Crippen LogP) is 4.31. The Balaban J connectivity index is 1.54. The number of likely N-dealkylation sites (tertiary alicyclic amines) is 2. The molecule has 1 atom stereocenters. The largest absolute Gasteiger partial charge is 0.342 e. The first-order valence-corrected chi connectivity index (χ1v) is 10.5. The summed E-state index contributed by atoms with van der Waals surface area (Å²) in [6.07, 6.45) is 3.80. The molecule has 0 spiro atoms. The molecule has 8 heteroatoms. The number of rotatable bonds is 4. The second-order valence-corrected chi connectivity index (χ2v) is 8.48. The highest BCUT2D eigenvalue weighted by Gasteiger charge is 2.32. The van der Waals surface area contributed by atoms with Gasteiger partial charge in [0.2, 0.25) is 11.8 Å². The van der Waals surface area contributed by atoms with Gasteiger partial charge < -0.3 is 10.2 Å². The van der Waals surface area contributed by atoms with E-state index in [1.165, 1.54) is 6.07 Å². The van der Waals surface area contributed by atoms with E-state index < -0.39 is 0 Å². The number of halogens is 3. The maximum atomic E-state index is 12.6. The van der Waals surface area contributed by atoms with Gasteiger partial charge in [0, 0.05) is 19.0 Å². The molecule has 0 saturated carbocycles. The van der Waals surface area contributed by atoms with E-state index >= 15 is 0 Å². The monoisotopic (exact) mass is 431 g/mol. The number of hydrogen-bond acceptors (Lipinski definition) is 3. The number of benzene rings is 1. The van der Waals surface area contributed by atoms with Crippen molar-refractivity contribution in [3.8, 4) is 0 Å². The summed E-state index contributed by atoms with van der Waals surface area (Å²) in [4.78, 5) is 29.3. The Hall–Kier alpha value is -1.01. The maximum Gasteiger partial charge on any atom is 0.241 e. The molecule has 2 fully saturated rings. The van der Waals surface area contributed by atoms with Crippen LogP contribution >= 0.6 is 34.8 Å². The van der Waals surface area contributed by atoms with E-state index in [2.05, 4.69) is 10.2 Å². The molecule has 2 heterocycles. The second kappa shape index (κ2) is 8.99. The third-order valence-corrected chi connectivity index (χ3v) is 6.53. The Bertz CT molecular complexity index is 714. The average Bonchev–Trinajstić information content (AvgIpc) is 3.19. The van der Waals surface area contributed by atoms with Crippen molar-refractivity contribution in [2.45, 2.75) is 38.6 Å². The van der Waals surface area contributed by atoms with Crippen LogP contribution in [0.2, 0.25) is 15.1 Å². The van der Waals surface area contributed by atoms with Gasteiger partial charge in [-0.05, 0) is 57.8 Å². The van der Waals surface area contributed by atoms with Crippen LogP contribution in [0.5, 0.6) is 0 Å². The number of carbonyl (C=O) groups is 2. The summed E-state index contributed by atoms with van der Waals surface area (Å²) in [5, 5.41) is 3.85. The van der Waals surface area contributed by atoms with Gasteiger partial charge in [-0.2, -0.15) is 0 Å². The summed E-state index contributed by atoms with van der Waals surface area (Å²) >= 11 is 18.1. The fraction of sp³-hybridized carbons (Fsp3) is 0.579. The van der Waals surface area contributed by atoms with E-state index in [9.17, 15) is 9.59 Å². The Labute approximate surface area is 174 Å². The second-order valence-electron chi connectivity index (χ2n) is 7.25. The summed E-state index contributed by atoms with van der Waals surface area (Å²) in [5.41, 5.74) is 0.446. The summed E-state index contributed by atoms with van der Waals surface area (Å²) in [6, 6.07) is 2.75. The number of anilines is 1. The lowest BCUT2D eigenvalue weighted by Gasteiger charge is -2.36. The lowest BCUT2D eigenvalue weighted by atomic mass is 9.94. The van der Waals surface area contributed by atoms with E-state index in [4.69, 9.17) is 34.8 Å². The number of carbonyl (C=O) groups excluding carboxylic acids is 2. The highest BCUT2D eigenvalue weighted by atomic mass is 35.5. The van der Waals surface area contributed by atoms with Crippen molar-refractivity contribution in [2.24, 2.45) is 5.92 Å². The van der Waals surface area contributed by atoms with E-state index in [1.54, 1.807) is 6.07 Å². The van der Waals surface area contributed by atoms with Crippen LogP contribution in [-0.4, -0.2) is 53.8 Å². The van der Waals surface area contributed by atoms with Crippen LogP contribution in [0.1, 0.15) is 32.6 Å². The lowest BCUT2D eigenvalue weighted by Crippen LogP contribution is -2.48. The van der Waals surface area contributed by atoms with Crippen molar-refractivity contribution in [2.75, 3.05) is 31.5 Å². The Morgan fingerprint density at radius 1 is 1.00 bits per heavy atom. The molecule has 3 rings (SSSR count). The SMILES string of the molecule is CC(C(=O)Nc1cc(Cl)c(Cl)cc1Cl)N1CCC(C(=O)N2CCCC2)CC1. The number of amides is 2. The molecule has 2 aliphatic rings. The molecule has 0 radical (unpaired) electrons. The van der Waals surface area contributed by atoms with Crippen LogP contribution in [-0.2, 0) is 9.59 Å².